The third-order valence-corrected chi connectivity index (χ3v) is 4.32. The van der Waals surface area contributed by atoms with Crippen molar-refractivity contribution in [2.75, 3.05) is 39.8 Å². The fourth-order valence-corrected chi connectivity index (χ4v) is 3.55. The van der Waals surface area contributed by atoms with E-state index >= 15 is 0 Å². The Morgan fingerprint density at radius 1 is 1.32 bits per heavy atom. The monoisotopic (exact) mass is 267 g/mol. The minimum Gasteiger partial charge on any atom is -0.341 e. The average Bonchev–Trinajstić information content (AvgIpc) is 2.80. The highest BCUT2D eigenvalue weighted by Gasteiger charge is 2.26. The molecule has 0 aromatic carbocycles. The van der Waals surface area contributed by atoms with Gasteiger partial charge < -0.3 is 10.2 Å². The standard InChI is InChI=1S/C15H29N3O/c1-12-7-13(2)9-18(8-12)15(19)11-17(3)10-14-5-4-6-16-14/h12-14,16H,4-11H2,1-3H3. The topological polar surface area (TPSA) is 35.6 Å². The first-order chi connectivity index (χ1) is 9.04. The molecule has 2 aliphatic heterocycles. The van der Waals surface area contributed by atoms with Crippen molar-refractivity contribution in [3.05, 3.63) is 0 Å². The molecule has 4 heteroatoms. The van der Waals surface area contributed by atoms with E-state index in [4.69, 9.17) is 0 Å². The minimum atomic E-state index is 0.305. The van der Waals surface area contributed by atoms with Gasteiger partial charge in [-0.05, 0) is 44.7 Å². The van der Waals surface area contributed by atoms with Crippen molar-refractivity contribution in [3.8, 4) is 0 Å². The summed E-state index contributed by atoms with van der Waals surface area (Å²) in [6.07, 6.45) is 3.77. The van der Waals surface area contributed by atoms with Crippen molar-refractivity contribution < 1.29 is 4.79 Å². The van der Waals surface area contributed by atoms with Crippen molar-refractivity contribution in [1.82, 2.24) is 15.1 Å². The Bertz CT molecular complexity index is 292. The van der Waals surface area contributed by atoms with Gasteiger partial charge in [-0.2, -0.15) is 0 Å². The maximum Gasteiger partial charge on any atom is 0.236 e. The zero-order chi connectivity index (χ0) is 13.8. The molecular weight excluding hydrogens is 238 g/mol. The molecule has 110 valence electrons. The predicted molar refractivity (Wildman–Crippen MR) is 78.0 cm³/mol. The molecule has 2 saturated heterocycles. The summed E-state index contributed by atoms with van der Waals surface area (Å²) in [5, 5.41) is 3.49. The molecule has 0 aromatic rings. The van der Waals surface area contributed by atoms with E-state index in [1.807, 2.05) is 0 Å². The smallest absolute Gasteiger partial charge is 0.236 e. The van der Waals surface area contributed by atoms with Gasteiger partial charge in [0.1, 0.15) is 0 Å². The molecule has 2 heterocycles. The largest absolute Gasteiger partial charge is 0.341 e. The molecule has 2 rings (SSSR count). The number of hydrogen-bond donors (Lipinski definition) is 1. The second-order valence-corrected chi connectivity index (χ2v) is 6.73. The highest BCUT2D eigenvalue weighted by Crippen LogP contribution is 2.21. The summed E-state index contributed by atoms with van der Waals surface area (Å²) in [6.45, 7) is 9.08. The molecule has 0 saturated carbocycles. The number of nitrogens with one attached hydrogen (secondary N) is 1. The summed E-state index contributed by atoms with van der Waals surface area (Å²) in [5.74, 6) is 1.60. The van der Waals surface area contributed by atoms with Gasteiger partial charge in [0.2, 0.25) is 5.91 Å². The van der Waals surface area contributed by atoms with Crippen LogP contribution < -0.4 is 5.32 Å². The molecule has 0 spiro atoms. The van der Waals surface area contributed by atoms with Gasteiger partial charge in [-0.15, -0.1) is 0 Å². The van der Waals surface area contributed by atoms with E-state index in [0.717, 1.165) is 26.2 Å². The molecule has 0 bridgehead atoms. The minimum absolute atomic E-state index is 0.305. The first-order valence-corrected chi connectivity index (χ1v) is 7.74. The van der Waals surface area contributed by atoms with E-state index in [0.29, 0.717) is 30.3 Å². The third kappa shape index (κ3) is 4.46. The van der Waals surface area contributed by atoms with E-state index < -0.39 is 0 Å². The zero-order valence-corrected chi connectivity index (χ0v) is 12.7. The van der Waals surface area contributed by atoms with E-state index in [1.54, 1.807) is 0 Å². The van der Waals surface area contributed by atoms with Crippen LogP contribution in [0.5, 0.6) is 0 Å². The fraction of sp³-hybridized carbons (Fsp3) is 0.933. The lowest BCUT2D eigenvalue weighted by Gasteiger charge is -2.36. The van der Waals surface area contributed by atoms with Crippen molar-refractivity contribution >= 4 is 5.91 Å². The van der Waals surface area contributed by atoms with Gasteiger partial charge in [0.05, 0.1) is 6.54 Å². The number of likely N-dealkylation sites (tertiary alicyclic amines) is 1. The van der Waals surface area contributed by atoms with Crippen LogP contribution in [-0.4, -0.2) is 61.5 Å². The predicted octanol–water partition coefficient (Wildman–Crippen LogP) is 1.17. The van der Waals surface area contributed by atoms with Crippen molar-refractivity contribution in [2.24, 2.45) is 11.8 Å². The molecule has 2 fully saturated rings. The number of likely N-dealkylation sites (N-methyl/N-ethyl adjacent to an activating group) is 1. The summed E-state index contributed by atoms with van der Waals surface area (Å²) in [5.41, 5.74) is 0. The van der Waals surface area contributed by atoms with Crippen LogP contribution in [0.3, 0.4) is 0 Å². The molecule has 0 radical (unpaired) electrons. The second-order valence-electron chi connectivity index (χ2n) is 6.73. The molecule has 2 aliphatic rings. The lowest BCUT2D eigenvalue weighted by Crippen LogP contribution is -2.47. The number of amides is 1. The van der Waals surface area contributed by atoms with Crippen LogP contribution in [0.25, 0.3) is 0 Å². The average molecular weight is 267 g/mol. The number of nitrogens with zero attached hydrogens (tertiary/aromatic N) is 2. The molecule has 0 aromatic heterocycles. The Labute approximate surface area is 117 Å². The highest BCUT2D eigenvalue weighted by molar-refractivity contribution is 5.78. The van der Waals surface area contributed by atoms with Gasteiger partial charge in [0.15, 0.2) is 0 Å². The Balaban J connectivity index is 1.75. The lowest BCUT2D eigenvalue weighted by atomic mass is 9.92. The van der Waals surface area contributed by atoms with E-state index in [1.165, 1.54) is 19.3 Å². The Kier molecular flexibility index (Phi) is 5.22. The van der Waals surface area contributed by atoms with Gasteiger partial charge in [-0.3, -0.25) is 9.69 Å². The Morgan fingerprint density at radius 3 is 2.58 bits per heavy atom. The van der Waals surface area contributed by atoms with E-state index in [9.17, 15) is 4.79 Å². The SMILES string of the molecule is CC1CC(C)CN(C(=O)CN(C)CC2CCCN2)C1. The van der Waals surface area contributed by atoms with E-state index in [-0.39, 0.29) is 0 Å². The number of piperidine rings is 1. The molecule has 0 aliphatic carbocycles. The zero-order valence-electron chi connectivity index (χ0n) is 12.7. The van der Waals surface area contributed by atoms with Gasteiger partial charge in [-0.25, -0.2) is 0 Å². The fourth-order valence-electron chi connectivity index (χ4n) is 3.55. The van der Waals surface area contributed by atoms with Gasteiger partial charge >= 0.3 is 0 Å². The molecule has 1 amide bonds. The normalized spacial score (nSPS) is 32.0. The van der Waals surface area contributed by atoms with Crippen LogP contribution in [-0.2, 0) is 4.79 Å². The maximum atomic E-state index is 12.3. The Morgan fingerprint density at radius 2 is 2.00 bits per heavy atom. The van der Waals surface area contributed by atoms with Crippen molar-refractivity contribution in [1.29, 1.82) is 0 Å². The van der Waals surface area contributed by atoms with Gasteiger partial charge in [0.25, 0.3) is 0 Å². The molecule has 3 unspecified atom stereocenters. The Hall–Kier alpha value is -0.610. The highest BCUT2D eigenvalue weighted by atomic mass is 16.2. The molecular formula is C15H29N3O. The molecule has 1 N–H and O–H groups in total. The summed E-state index contributed by atoms with van der Waals surface area (Å²) in [6, 6.07) is 0.581. The van der Waals surface area contributed by atoms with Crippen LogP contribution in [0.1, 0.15) is 33.1 Å². The van der Waals surface area contributed by atoms with Crippen molar-refractivity contribution in [2.45, 2.75) is 39.2 Å². The van der Waals surface area contributed by atoms with Crippen LogP contribution >= 0.6 is 0 Å². The van der Waals surface area contributed by atoms with Crippen LogP contribution in [0.2, 0.25) is 0 Å². The quantitative estimate of drug-likeness (QED) is 0.831. The maximum absolute atomic E-state index is 12.3. The molecule has 19 heavy (non-hydrogen) atoms. The summed E-state index contributed by atoms with van der Waals surface area (Å²) in [4.78, 5) is 16.6. The summed E-state index contributed by atoms with van der Waals surface area (Å²) in [7, 11) is 2.06. The van der Waals surface area contributed by atoms with Gasteiger partial charge in [-0.1, -0.05) is 13.8 Å². The number of rotatable bonds is 4. The lowest BCUT2D eigenvalue weighted by molar-refractivity contribution is -0.134. The number of carbonyl (C=O) groups is 1. The first kappa shape index (κ1) is 14.8. The second kappa shape index (κ2) is 6.71. The van der Waals surface area contributed by atoms with Crippen LogP contribution in [0, 0.1) is 11.8 Å². The van der Waals surface area contributed by atoms with E-state index in [2.05, 4.69) is 36.0 Å². The van der Waals surface area contributed by atoms with Crippen molar-refractivity contribution in [3.63, 3.8) is 0 Å². The summed E-state index contributed by atoms with van der Waals surface area (Å²) >= 11 is 0. The molecule has 4 nitrogen and oxygen atoms in total. The van der Waals surface area contributed by atoms with Crippen LogP contribution in [0.15, 0.2) is 0 Å². The first-order valence-electron chi connectivity index (χ1n) is 7.74. The summed E-state index contributed by atoms with van der Waals surface area (Å²) < 4.78 is 0. The number of hydrogen-bond acceptors (Lipinski definition) is 3. The molecule has 3 atom stereocenters. The third-order valence-electron chi connectivity index (χ3n) is 4.32. The van der Waals surface area contributed by atoms with Crippen LogP contribution in [0.4, 0.5) is 0 Å². The van der Waals surface area contributed by atoms with Gasteiger partial charge in [0, 0.05) is 25.7 Å². The number of carbonyl (C=O) groups excluding carboxylic acids is 1.